The van der Waals surface area contributed by atoms with Gasteiger partial charge in [-0.2, -0.15) is 0 Å². The Labute approximate surface area is 209 Å². The molecule has 1 saturated carbocycles. The van der Waals surface area contributed by atoms with E-state index in [4.69, 9.17) is 14.5 Å². The summed E-state index contributed by atoms with van der Waals surface area (Å²) >= 11 is 0. The predicted molar refractivity (Wildman–Crippen MR) is 132 cm³/mol. The van der Waals surface area contributed by atoms with Gasteiger partial charge < -0.3 is 19.1 Å². The first-order chi connectivity index (χ1) is 17.4. The lowest BCUT2D eigenvalue weighted by Crippen LogP contribution is -2.42. The Morgan fingerprint density at radius 3 is 2.58 bits per heavy atom. The molecule has 1 aliphatic heterocycles. The average Bonchev–Trinajstić information content (AvgIpc) is 3.29. The summed E-state index contributed by atoms with van der Waals surface area (Å²) in [5.74, 6) is 0.127. The van der Waals surface area contributed by atoms with Gasteiger partial charge in [0.25, 0.3) is 0 Å². The molecule has 36 heavy (non-hydrogen) atoms. The molecule has 1 N–H and O–H groups in total. The number of aliphatic carboxylic acids is 1. The van der Waals surface area contributed by atoms with E-state index in [1.807, 2.05) is 26.0 Å². The molecule has 0 radical (unpaired) electrons. The van der Waals surface area contributed by atoms with Crippen LogP contribution in [0.2, 0.25) is 0 Å². The zero-order chi connectivity index (χ0) is 25.4. The lowest BCUT2D eigenvalue weighted by atomic mass is 9.85. The van der Waals surface area contributed by atoms with Crippen molar-refractivity contribution >= 4 is 28.8 Å². The number of carboxylic acid groups (broad SMARTS) is 1. The first kappa shape index (κ1) is 24.0. The van der Waals surface area contributed by atoms with Gasteiger partial charge in [-0.05, 0) is 64.5 Å². The molecule has 1 unspecified atom stereocenters. The number of amides is 1. The zero-order valence-electron chi connectivity index (χ0n) is 20.8. The molecule has 1 aliphatic carbocycles. The van der Waals surface area contributed by atoms with Crippen LogP contribution in [0.5, 0.6) is 5.88 Å². The van der Waals surface area contributed by atoms with E-state index in [0.717, 1.165) is 53.8 Å². The summed E-state index contributed by atoms with van der Waals surface area (Å²) < 4.78 is 13.4. The standard InChI is InChI=1S/C26H31N5O5/c1-15-4-9-19-20(30(15)26(34)35-3)10-11-21-23(19)29-24(16(2)36-22-14-27-12-13-28-22)31(21)18-7-5-17(6-8-18)25(32)33/h10-18H,4-9H2,1-3H3,(H,32,33)/t15?,16-,17?,18?/m0/s1. The van der Waals surface area contributed by atoms with E-state index < -0.39 is 12.1 Å². The maximum Gasteiger partial charge on any atom is 0.414 e. The molecule has 190 valence electrons. The summed E-state index contributed by atoms with van der Waals surface area (Å²) in [6, 6.07) is 4.11. The van der Waals surface area contributed by atoms with Crippen LogP contribution in [0.1, 0.15) is 69.5 Å². The molecule has 2 atom stereocenters. The van der Waals surface area contributed by atoms with Crippen LogP contribution in [0.3, 0.4) is 0 Å². The smallest absolute Gasteiger partial charge is 0.414 e. The summed E-state index contributed by atoms with van der Waals surface area (Å²) in [4.78, 5) is 39.3. The number of carbonyl (C=O) groups excluding carboxylic acids is 1. The van der Waals surface area contributed by atoms with Gasteiger partial charge in [-0.1, -0.05) is 0 Å². The molecule has 0 spiro atoms. The van der Waals surface area contributed by atoms with Gasteiger partial charge in [-0.15, -0.1) is 0 Å². The summed E-state index contributed by atoms with van der Waals surface area (Å²) in [6.45, 7) is 3.95. The topological polar surface area (TPSA) is 120 Å². The number of nitrogens with zero attached hydrogens (tertiary/aromatic N) is 5. The first-order valence-corrected chi connectivity index (χ1v) is 12.4. The van der Waals surface area contributed by atoms with E-state index in [0.29, 0.717) is 18.7 Å². The number of benzene rings is 1. The molecule has 1 aromatic carbocycles. The van der Waals surface area contributed by atoms with Crippen molar-refractivity contribution in [3.63, 3.8) is 0 Å². The van der Waals surface area contributed by atoms with E-state index in [9.17, 15) is 14.7 Å². The summed E-state index contributed by atoms with van der Waals surface area (Å²) in [7, 11) is 1.40. The Hall–Kier alpha value is -3.69. The monoisotopic (exact) mass is 493 g/mol. The number of ether oxygens (including phenoxy) is 2. The number of rotatable bonds is 5. The lowest BCUT2D eigenvalue weighted by Gasteiger charge is -2.34. The highest BCUT2D eigenvalue weighted by Gasteiger charge is 2.34. The van der Waals surface area contributed by atoms with Crippen molar-refractivity contribution < 1.29 is 24.2 Å². The Balaban J connectivity index is 1.60. The SMILES string of the molecule is COC(=O)N1c2ccc3c(nc([C@H](C)Oc4cnccn4)n3C3CCC(C(=O)O)CC3)c2CCC1C. The molecule has 1 amide bonds. The molecule has 0 bridgehead atoms. The van der Waals surface area contributed by atoms with E-state index >= 15 is 0 Å². The highest BCUT2D eigenvalue weighted by atomic mass is 16.5. The van der Waals surface area contributed by atoms with Crippen LogP contribution in [-0.4, -0.2) is 49.8 Å². The second-order valence-electron chi connectivity index (χ2n) is 9.65. The number of aryl methyl sites for hydroxylation is 1. The normalized spacial score (nSPS) is 22.6. The molecule has 3 heterocycles. The van der Waals surface area contributed by atoms with Crippen LogP contribution >= 0.6 is 0 Å². The summed E-state index contributed by atoms with van der Waals surface area (Å²) in [5.41, 5.74) is 3.65. The van der Waals surface area contributed by atoms with Crippen LogP contribution in [0.4, 0.5) is 10.5 Å². The minimum atomic E-state index is -0.727. The summed E-state index contributed by atoms with van der Waals surface area (Å²) in [6.07, 6.45) is 8.28. The van der Waals surface area contributed by atoms with Crippen molar-refractivity contribution in [2.75, 3.05) is 12.0 Å². The van der Waals surface area contributed by atoms with Gasteiger partial charge in [0.15, 0.2) is 11.9 Å². The third-order valence-corrected chi connectivity index (χ3v) is 7.46. The van der Waals surface area contributed by atoms with E-state index in [2.05, 4.69) is 14.5 Å². The van der Waals surface area contributed by atoms with Crippen molar-refractivity contribution in [1.82, 2.24) is 19.5 Å². The largest absolute Gasteiger partial charge is 0.481 e. The Bertz CT molecular complexity index is 1270. The minimum absolute atomic E-state index is 0.0224. The van der Waals surface area contributed by atoms with Gasteiger partial charge in [-0.25, -0.2) is 14.8 Å². The third kappa shape index (κ3) is 4.25. The Morgan fingerprint density at radius 1 is 1.14 bits per heavy atom. The van der Waals surface area contributed by atoms with Gasteiger partial charge in [-0.3, -0.25) is 14.7 Å². The van der Waals surface area contributed by atoms with Crippen LogP contribution in [0.25, 0.3) is 11.0 Å². The van der Waals surface area contributed by atoms with Crippen molar-refractivity contribution in [3.8, 4) is 5.88 Å². The van der Waals surface area contributed by atoms with Gasteiger partial charge in [0.05, 0.1) is 35.9 Å². The van der Waals surface area contributed by atoms with Gasteiger partial charge in [0.2, 0.25) is 5.88 Å². The second kappa shape index (κ2) is 9.75. The fraction of sp³-hybridized carbons (Fsp3) is 0.500. The van der Waals surface area contributed by atoms with E-state index in [1.54, 1.807) is 23.5 Å². The van der Waals surface area contributed by atoms with Gasteiger partial charge in [0, 0.05) is 30.0 Å². The number of carboxylic acids is 1. The molecule has 3 aromatic rings. The minimum Gasteiger partial charge on any atom is -0.481 e. The molecule has 0 saturated heterocycles. The molecule has 2 aliphatic rings. The maximum absolute atomic E-state index is 12.6. The number of hydrogen-bond donors (Lipinski definition) is 1. The van der Waals surface area contributed by atoms with Crippen molar-refractivity contribution in [1.29, 1.82) is 0 Å². The van der Waals surface area contributed by atoms with Gasteiger partial charge in [0.1, 0.15) is 0 Å². The Kier molecular flexibility index (Phi) is 6.51. The fourth-order valence-electron chi connectivity index (χ4n) is 5.62. The number of methoxy groups -OCH3 is 1. The van der Waals surface area contributed by atoms with Crippen LogP contribution in [0, 0.1) is 5.92 Å². The average molecular weight is 494 g/mol. The van der Waals surface area contributed by atoms with Crippen LogP contribution in [-0.2, 0) is 16.0 Å². The summed E-state index contributed by atoms with van der Waals surface area (Å²) in [5, 5.41) is 9.48. The molecule has 1 fully saturated rings. The van der Waals surface area contributed by atoms with E-state index in [-0.39, 0.29) is 24.1 Å². The fourth-order valence-corrected chi connectivity index (χ4v) is 5.62. The highest BCUT2D eigenvalue weighted by Crippen LogP contribution is 2.41. The number of imidazole rings is 1. The van der Waals surface area contributed by atoms with Crippen molar-refractivity contribution in [2.24, 2.45) is 5.92 Å². The molecule has 5 rings (SSSR count). The van der Waals surface area contributed by atoms with Crippen molar-refractivity contribution in [3.05, 3.63) is 42.1 Å². The van der Waals surface area contributed by atoms with Gasteiger partial charge >= 0.3 is 12.1 Å². The molecule has 2 aromatic heterocycles. The molecular formula is C26H31N5O5. The van der Waals surface area contributed by atoms with Crippen molar-refractivity contribution in [2.45, 2.75) is 70.6 Å². The molecular weight excluding hydrogens is 462 g/mol. The number of hydrogen-bond acceptors (Lipinski definition) is 7. The highest BCUT2D eigenvalue weighted by molar-refractivity contribution is 5.95. The number of carbonyl (C=O) groups is 2. The Morgan fingerprint density at radius 2 is 1.92 bits per heavy atom. The number of anilines is 1. The maximum atomic E-state index is 12.6. The number of fused-ring (bicyclic) bond motifs is 3. The van der Waals surface area contributed by atoms with Crippen LogP contribution in [0.15, 0.2) is 30.7 Å². The predicted octanol–water partition coefficient (Wildman–Crippen LogP) is 4.69. The zero-order valence-corrected chi connectivity index (χ0v) is 20.8. The van der Waals surface area contributed by atoms with E-state index in [1.165, 1.54) is 7.11 Å². The molecule has 10 heteroatoms. The third-order valence-electron chi connectivity index (χ3n) is 7.46. The lowest BCUT2D eigenvalue weighted by molar-refractivity contribution is -0.143. The van der Waals surface area contributed by atoms with Crippen LogP contribution < -0.4 is 9.64 Å². The number of aromatic nitrogens is 4. The second-order valence-corrected chi connectivity index (χ2v) is 9.65. The quantitative estimate of drug-likeness (QED) is 0.544. The first-order valence-electron chi connectivity index (χ1n) is 12.4. The molecule has 10 nitrogen and oxygen atoms in total.